The van der Waals surface area contributed by atoms with E-state index in [-0.39, 0.29) is 29.8 Å². The fraction of sp³-hybridized carbons (Fsp3) is 0.611. The minimum absolute atomic E-state index is 0.0187. The van der Waals surface area contributed by atoms with Gasteiger partial charge in [0.1, 0.15) is 5.82 Å². The summed E-state index contributed by atoms with van der Waals surface area (Å²) in [6.07, 6.45) is 2.84. The van der Waals surface area contributed by atoms with Crippen LogP contribution < -0.4 is 5.32 Å². The highest BCUT2D eigenvalue weighted by atomic mass is 19.1. The molecule has 0 saturated carbocycles. The van der Waals surface area contributed by atoms with Crippen LogP contribution >= 0.6 is 0 Å². The van der Waals surface area contributed by atoms with Gasteiger partial charge in [0.25, 0.3) is 0 Å². The van der Waals surface area contributed by atoms with Crippen LogP contribution in [0.2, 0.25) is 0 Å². The van der Waals surface area contributed by atoms with Gasteiger partial charge in [-0.25, -0.2) is 4.39 Å². The number of hydrogen-bond acceptors (Lipinski definition) is 3. The predicted octanol–water partition coefficient (Wildman–Crippen LogP) is 2.49. The smallest absolute Gasteiger partial charge is 0.234 e. The summed E-state index contributed by atoms with van der Waals surface area (Å²) in [5.41, 5.74) is 0.928. The van der Waals surface area contributed by atoms with Crippen molar-refractivity contribution in [2.24, 2.45) is 5.41 Å². The molecule has 5 heteroatoms. The van der Waals surface area contributed by atoms with Gasteiger partial charge in [-0.1, -0.05) is 19.1 Å². The average Bonchev–Trinajstić information content (AvgIpc) is 2.56. The lowest BCUT2D eigenvalue weighted by Crippen LogP contribution is -2.46. The number of nitrogens with one attached hydrogen (secondary N) is 1. The predicted molar refractivity (Wildman–Crippen MR) is 88.4 cm³/mol. The fourth-order valence-corrected chi connectivity index (χ4v) is 3.13. The molecule has 1 saturated heterocycles. The zero-order valence-corrected chi connectivity index (χ0v) is 14.0. The van der Waals surface area contributed by atoms with E-state index in [9.17, 15) is 14.3 Å². The van der Waals surface area contributed by atoms with Gasteiger partial charge >= 0.3 is 0 Å². The topological polar surface area (TPSA) is 52.6 Å². The Morgan fingerprint density at radius 3 is 2.48 bits per heavy atom. The van der Waals surface area contributed by atoms with Gasteiger partial charge in [0, 0.05) is 6.61 Å². The number of benzene rings is 1. The Balaban J connectivity index is 1.80. The van der Waals surface area contributed by atoms with Gasteiger partial charge in [0.2, 0.25) is 5.91 Å². The third kappa shape index (κ3) is 4.75. The second-order valence-corrected chi connectivity index (χ2v) is 6.63. The van der Waals surface area contributed by atoms with Gasteiger partial charge in [-0.3, -0.25) is 9.69 Å². The van der Waals surface area contributed by atoms with Gasteiger partial charge in [-0.05, 0) is 62.4 Å². The molecule has 4 nitrogen and oxygen atoms in total. The van der Waals surface area contributed by atoms with Crippen molar-refractivity contribution < 1.29 is 14.3 Å². The summed E-state index contributed by atoms with van der Waals surface area (Å²) in [5.74, 6) is -0.293. The molecule has 0 radical (unpaired) electrons. The zero-order valence-electron chi connectivity index (χ0n) is 14.0. The molecule has 1 aliphatic heterocycles. The molecule has 1 aliphatic rings. The molecule has 2 N–H and O–H groups in total. The van der Waals surface area contributed by atoms with Gasteiger partial charge in [-0.15, -0.1) is 0 Å². The second kappa shape index (κ2) is 7.88. The van der Waals surface area contributed by atoms with Gasteiger partial charge in [-0.2, -0.15) is 0 Å². The zero-order chi connectivity index (χ0) is 16.9. The second-order valence-electron chi connectivity index (χ2n) is 6.63. The van der Waals surface area contributed by atoms with Crippen LogP contribution in [0.5, 0.6) is 0 Å². The minimum atomic E-state index is -0.274. The number of aliphatic hydroxyl groups excluding tert-OH is 1. The normalized spacial score (nSPS) is 19.3. The summed E-state index contributed by atoms with van der Waals surface area (Å²) in [6, 6.07) is 6.06. The molecule has 0 bridgehead atoms. The Hall–Kier alpha value is -1.46. The first kappa shape index (κ1) is 17.9. The van der Waals surface area contributed by atoms with Crippen molar-refractivity contribution in [3.8, 4) is 0 Å². The van der Waals surface area contributed by atoms with Crippen LogP contribution in [-0.4, -0.2) is 42.2 Å². The molecular weight excluding hydrogens is 295 g/mol. The Kier molecular flexibility index (Phi) is 6.13. The first-order valence-corrected chi connectivity index (χ1v) is 8.36. The molecule has 1 heterocycles. The van der Waals surface area contributed by atoms with E-state index in [0.717, 1.165) is 37.9 Å². The number of nitrogens with zero attached hydrogens (tertiary/aromatic N) is 1. The quantitative estimate of drug-likeness (QED) is 0.846. The molecule has 23 heavy (non-hydrogen) atoms. The molecular formula is C18H27FN2O2. The molecule has 1 unspecified atom stereocenters. The van der Waals surface area contributed by atoms with Crippen LogP contribution in [0.3, 0.4) is 0 Å². The Morgan fingerprint density at radius 2 is 1.96 bits per heavy atom. The van der Waals surface area contributed by atoms with E-state index in [2.05, 4.69) is 17.1 Å². The molecule has 0 aromatic heterocycles. The number of hydrogen-bond donors (Lipinski definition) is 2. The summed E-state index contributed by atoms with van der Waals surface area (Å²) < 4.78 is 12.9. The van der Waals surface area contributed by atoms with Crippen molar-refractivity contribution in [3.05, 3.63) is 35.6 Å². The summed E-state index contributed by atoms with van der Waals surface area (Å²) >= 11 is 0. The third-order valence-electron chi connectivity index (χ3n) is 5.12. The van der Waals surface area contributed by atoms with Gasteiger partial charge in [0.05, 0.1) is 12.6 Å². The lowest BCUT2D eigenvalue weighted by atomic mass is 9.77. The van der Waals surface area contributed by atoms with Gasteiger partial charge < -0.3 is 10.4 Å². The molecule has 128 valence electrons. The monoisotopic (exact) mass is 322 g/mol. The number of halogens is 1. The number of amides is 1. The van der Waals surface area contributed by atoms with Crippen molar-refractivity contribution in [1.29, 1.82) is 0 Å². The largest absolute Gasteiger partial charge is 0.396 e. The third-order valence-corrected chi connectivity index (χ3v) is 5.12. The average molecular weight is 322 g/mol. The van der Waals surface area contributed by atoms with E-state index in [1.165, 1.54) is 12.1 Å². The van der Waals surface area contributed by atoms with Crippen LogP contribution in [-0.2, 0) is 4.79 Å². The van der Waals surface area contributed by atoms with Crippen LogP contribution in [0.4, 0.5) is 4.39 Å². The maximum absolute atomic E-state index is 12.9. The SMILES string of the molecule is CCC1(CO)CCN(CC(=O)NC(C)c2ccc(F)cc2)CC1. The highest BCUT2D eigenvalue weighted by Gasteiger charge is 2.32. The number of carbonyl (C=O) groups is 1. The lowest BCUT2D eigenvalue weighted by molar-refractivity contribution is -0.123. The number of carbonyl (C=O) groups excluding carboxylic acids is 1. The Bertz CT molecular complexity index is 504. The highest BCUT2D eigenvalue weighted by Crippen LogP contribution is 2.33. The minimum Gasteiger partial charge on any atom is -0.396 e. The molecule has 2 rings (SSSR count). The van der Waals surface area contributed by atoms with Crippen LogP contribution in [0, 0.1) is 11.2 Å². The maximum Gasteiger partial charge on any atom is 0.234 e. The first-order chi connectivity index (χ1) is 11.0. The molecule has 1 amide bonds. The van der Waals surface area contributed by atoms with Crippen molar-refractivity contribution in [3.63, 3.8) is 0 Å². The Labute approximate surface area is 137 Å². The summed E-state index contributed by atoms with van der Waals surface area (Å²) in [5, 5.41) is 12.5. The number of rotatable bonds is 6. The van der Waals surface area contributed by atoms with Crippen LogP contribution in [0.15, 0.2) is 24.3 Å². The van der Waals surface area contributed by atoms with E-state index in [0.29, 0.717) is 6.54 Å². The number of likely N-dealkylation sites (tertiary alicyclic amines) is 1. The lowest BCUT2D eigenvalue weighted by Gasteiger charge is -2.40. The fourth-order valence-electron chi connectivity index (χ4n) is 3.13. The number of piperidine rings is 1. The summed E-state index contributed by atoms with van der Waals surface area (Å²) in [4.78, 5) is 14.3. The first-order valence-electron chi connectivity index (χ1n) is 8.36. The van der Waals surface area contributed by atoms with Crippen LogP contribution in [0.1, 0.15) is 44.7 Å². The molecule has 1 aromatic rings. The molecule has 0 aliphatic carbocycles. The summed E-state index contributed by atoms with van der Waals surface area (Å²) in [6.45, 7) is 6.29. The molecule has 1 fully saturated rings. The van der Waals surface area contributed by atoms with E-state index in [1.807, 2.05) is 6.92 Å². The van der Waals surface area contributed by atoms with Crippen LogP contribution in [0.25, 0.3) is 0 Å². The molecule has 1 aromatic carbocycles. The van der Waals surface area contributed by atoms with E-state index in [1.54, 1.807) is 12.1 Å². The highest BCUT2D eigenvalue weighted by molar-refractivity contribution is 5.78. The van der Waals surface area contributed by atoms with Crippen molar-refractivity contribution in [2.75, 3.05) is 26.2 Å². The van der Waals surface area contributed by atoms with Crippen molar-refractivity contribution in [1.82, 2.24) is 10.2 Å². The van der Waals surface area contributed by atoms with Crippen molar-refractivity contribution in [2.45, 2.75) is 39.2 Å². The maximum atomic E-state index is 12.9. The Morgan fingerprint density at radius 1 is 1.35 bits per heavy atom. The van der Waals surface area contributed by atoms with E-state index in [4.69, 9.17) is 0 Å². The standard InChI is InChI=1S/C18H27FN2O2/c1-3-18(13-22)8-10-21(11-9-18)12-17(23)20-14(2)15-4-6-16(19)7-5-15/h4-7,14,22H,3,8-13H2,1-2H3,(H,20,23). The van der Waals surface area contributed by atoms with Gasteiger partial charge in [0.15, 0.2) is 0 Å². The van der Waals surface area contributed by atoms with E-state index < -0.39 is 0 Å². The van der Waals surface area contributed by atoms with Crippen molar-refractivity contribution >= 4 is 5.91 Å². The molecule has 0 spiro atoms. The summed E-state index contributed by atoms with van der Waals surface area (Å²) in [7, 11) is 0. The number of aliphatic hydroxyl groups is 1. The molecule has 1 atom stereocenters. The van der Waals surface area contributed by atoms with E-state index >= 15 is 0 Å².